The highest BCUT2D eigenvalue weighted by Crippen LogP contribution is 2.39. The molecule has 0 radical (unpaired) electrons. The number of halogens is 2. The number of piperidine rings is 4. The van der Waals surface area contributed by atoms with Crippen LogP contribution < -0.4 is 34.0 Å². The fraction of sp³-hybridized carbons (Fsp3) is 0.739. The van der Waals surface area contributed by atoms with E-state index < -0.39 is 0 Å². The molecule has 4 heteroatoms. The van der Waals surface area contributed by atoms with Crippen molar-refractivity contribution in [2.75, 3.05) is 52.9 Å². The Hall–Kier alpha value is 0.1000. The van der Waals surface area contributed by atoms with E-state index in [-0.39, 0.29) is 34.0 Å². The Morgan fingerprint density at radius 1 is 0.852 bits per heavy atom. The lowest BCUT2D eigenvalue weighted by molar-refractivity contribution is -0.954. The van der Waals surface area contributed by atoms with Crippen LogP contribution in [0.4, 0.5) is 0 Å². The van der Waals surface area contributed by atoms with Gasteiger partial charge in [-0.25, -0.2) is 0 Å². The maximum atomic E-state index is 2.51. The van der Waals surface area contributed by atoms with Crippen LogP contribution in [0.3, 0.4) is 0 Å². The second-order valence-corrected chi connectivity index (χ2v) is 9.69. The summed E-state index contributed by atoms with van der Waals surface area (Å²) < 4.78 is 2.81. The van der Waals surface area contributed by atoms with Crippen molar-refractivity contribution in [3.8, 4) is 0 Å². The van der Waals surface area contributed by atoms with Crippen molar-refractivity contribution < 1.29 is 42.9 Å². The third-order valence-corrected chi connectivity index (χ3v) is 7.80. The normalized spacial score (nSPS) is 31.6. The van der Waals surface area contributed by atoms with E-state index in [1.54, 1.807) is 5.56 Å². The Kier molecular flexibility index (Phi) is 8.85. The summed E-state index contributed by atoms with van der Waals surface area (Å²) in [6, 6.07) is 11.2. The number of fused-ring (bicyclic) bond motifs is 3. The van der Waals surface area contributed by atoms with Crippen molar-refractivity contribution in [1.29, 1.82) is 0 Å². The number of benzene rings is 1. The third-order valence-electron chi connectivity index (χ3n) is 7.80. The van der Waals surface area contributed by atoms with Crippen molar-refractivity contribution in [1.82, 2.24) is 0 Å². The van der Waals surface area contributed by atoms with Crippen LogP contribution in [0.15, 0.2) is 30.3 Å². The molecule has 4 heterocycles. The predicted molar refractivity (Wildman–Crippen MR) is 105 cm³/mol. The topological polar surface area (TPSA) is 0 Å². The van der Waals surface area contributed by atoms with Crippen molar-refractivity contribution in [2.24, 2.45) is 11.8 Å². The zero-order chi connectivity index (χ0) is 17.2. The Morgan fingerprint density at radius 3 is 2.19 bits per heavy atom. The number of likely N-dealkylation sites (tertiary alicyclic amines) is 1. The lowest BCUT2D eigenvalue weighted by Gasteiger charge is -2.53. The third kappa shape index (κ3) is 5.81. The smallest absolute Gasteiger partial charge is 0.0841 e. The minimum atomic E-state index is 0. The van der Waals surface area contributed by atoms with E-state index in [2.05, 4.69) is 37.4 Å². The summed E-state index contributed by atoms with van der Waals surface area (Å²) in [7, 11) is 2.51. The number of hydrogen-bond acceptors (Lipinski definition) is 0. The van der Waals surface area contributed by atoms with Gasteiger partial charge in [-0.3, -0.25) is 0 Å². The van der Waals surface area contributed by atoms with Crippen LogP contribution in [0.25, 0.3) is 0 Å². The van der Waals surface area contributed by atoms with Gasteiger partial charge < -0.3 is 42.9 Å². The Labute approximate surface area is 188 Å². The quantitative estimate of drug-likeness (QED) is 0.400. The minimum absolute atomic E-state index is 0. The van der Waals surface area contributed by atoms with Crippen LogP contribution in [0.1, 0.15) is 44.1 Å². The van der Waals surface area contributed by atoms with Crippen LogP contribution in [0.2, 0.25) is 0 Å². The van der Waals surface area contributed by atoms with Crippen LogP contribution in [0, 0.1) is 11.8 Å². The molecule has 0 N–H and O–H groups in total. The molecular weight excluding hydrogens is 464 g/mol. The second kappa shape index (κ2) is 10.2. The lowest BCUT2D eigenvalue weighted by atomic mass is 9.74. The molecule has 1 aromatic carbocycles. The molecule has 27 heavy (non-hydrogen) atoms. The fourth-order valence-corrected chi connectivity index (χ4v) is 6.19. The highest BCUT2D eigenvalue weighted by atomic mass is 79.9. The molecule has 154 valence electrons. The van der Waals surface area contributed by atoms with E-state index in [0.717, 1.165) is 11.8 Å². The number of hydrogen-bond donors (Lipinski definition) is 0. The Bertz CT molecular complexity index is 549. The first-order chi connectivity index (χ1) is 12.2. The van der Waals surface area contributed by atoms with Crippen molar-refractivity contribution in [3.05, 3.63) is 35.9 Å². The van der Waals surface area contributed by atoms with E-state index in [4.69, 9.17) is 0 Å². The van der Waals surface area contributed by atoms with Gasteiger partial charge in [-0.15, -0.1) is 0 Å². The van der Waals surface area contributed by atoms with Crippen LogP contribution in [0.5, 0.6) is 0 Å². The highest BCUT2D eigenvalue weighted by molar-refractivity contribution is 5.15. The number of rotatable bonds is 6. The highest BCUT2D eigenvalue weighted by Gasteiger charge is 2.45. The molecule has 1 unspecified atom stereocenters. The molecule has 4 fully saturated rings. The summed E-state index contributed by atoms with van der Waals surface area (Å²) in [5, 5.41) is 0. The second-order valence-electron chi connectivity index (χ2n) is 9.69. The molecule has 1 aromatic rings. The predicted octanol–water partition coefficient (Wildman–Crippen LogP) is -1.89. The van der Waals surface area contributed by atoms with E-state index >= 15 is 0 Å². The Balaban J connectivity index is 0.00000131. The molecule has 4 saturated heterocycles. The summed E-state index contributed by atoms with van der Waals surface area (Å²) in [6.45, 7) is 10.1. The van der Waals surface area contributed by atoms with Crippen LogP contribution in [-0.2, 0) is 6.42 Å². The van der Waals surface area contributed by atoms with Crippen LogP contribution in [-0.4, -0.2) is 61.8 Å². The molecule has 2 nitrogen and oxygen atoms in total. The van der Waals surface area contributed by atoms with Gasteiger partial charge in [-0.1, -0.05) is 30.3 Å². The molecule has 4 aliphatic rings. The van der Waals surface area contributed by atoms with Gasteiger partial charge >= 0.3 is 0 Å². The number of quaternary nitrogens is 2. The fourth-order valence-electron chi connectivity index (χ4n) is 6.19. The van der Waals surface area contributed by atoms with Gasteiger partial charge in [-0.2, -0.15) is 0 Å². The molecule has 0 saturated carbocycles. The molecule has 0 spiro atoms. The van der Waals surface area contributed by atoms with Gasteiger partial charge in [0.15, 0.2) is 0 Å². The van der Waals surface area contributed by atoms with E-state index in [0.29, 0.717) is 0 Å². The van der Waals surface area contributed by atoms with Crippen molar-refractivity contribution >= 4 is 0 Å². The van der Waals surface area contributed by atoms with Gasteiger partial charge in [0.05, 0.1) is 52.9 Å². The summed E-state index contributed by atoms with van der Waals surface area (Å²) in [5.74, 6) is 1.94. The molecule has 0 aromatic heterocycles. The van der Waals surface area contributed by atoms with E-state index in [1.807, 2.05) is 0 Å². The zero-order valence-electron chi connectivity index (χ0n) is 17.1. The number of nitrogens with zero attached hydrogens (tertiary/aromatic N) is 2. The average Bonchev–Trinajstić information content (AvgIpc) is 2.64. The Morgan fingerprint density at radius 2 is 1.52 bits per heavy atom. The van der Waals surface area contributed by atoms with Gasteiger partial charge in [0.25, 0.3) is 0 Å². The minimum Gasteiger partial charge on any atom is -1.00 e. The zero-order valence-corrected chi connectivity index (χ0v) is 20.3. The van der Waals surface area contributed by atoms with E-state index in [9.17, 15) is 0 Å². The summed E-state index contributed by atoms with van der Waals surface area (Å²) in [5.41, 5.74) is 1.56. The molecule has 0 aliphatic carbocycles. The van der Waals surface area contributed by atoms with Gasteiger partial charge in [-0.05, 0) is 37.2 Å². The molecule has 5 rings (SSSR count). The largest absolute Gasteiger partial charge is 1.00 e. The van der Waals surface area contributed by atoms with Crippen molar-refractivity contribution in [2.45, 2.75) is 44.9 Å². The van der Waals surface area contributed by atoms with Crippen LogP contribution >= 0.6 is 0 Å². The average molecular weight is 502 g/mol. The first-order valence-corrected chi connectivity index (χ1v) is 10.9. The summed E-state index contributed by atoms with van der Waals surface area (Å²) >= 11 is 0. The molecule has 4 aliphatic heterocycles. The first kappa shape index (κ1) is 23.4. The van der Waals surface area contributed by atoms with Gasteiger partial charge in [0, 0.05) is 25.2 Å². The maximum Gasteiger partial charge on any atom is 0.0841 e. The van der Waals surface area contributed by atoms with Gasteiger partial charge in [0.1, 0.15) is 0 Å². The standard InChI is InChI=1S/C23H38N2.2BrH/c1-24(13-6-3-7-14-24)15-8-16-25-17-11-22(12-18-25)23(20-25)19-21-9-4-2-5-10-21;;/h2,4-5,9-10,22-23H,3,6-8,11-20H2,1H3;2*1H/q+2;;/p-2. The van der Waals surface area contributed by atoms with Crippen molar-refractivity contribution in [3.63, 3.8) is 0 Å². The first-order valence-electron chi connectivity index (χ1n) is 10.9. The SMILES string of the molecule is C[N+]1(CCC[N+]23CCC(CC2)C(Cc2ccccc2)C3)CCCCC1.[Br-].[Br-]. The van der Waals surface area contributed by atoms with E-state index in [1.165, 1.54) is 99.7 Å². The molecular formula is C23H38Br2N2. The molecule has 1 atom stereocenters. The molecule has 2 bridgehead atoms. The summed E-state index contributed by atoms with van der Waals surface area (Å²) in [6.07, 6.45) is 10.1. The maximum absolute atomic E-state index is 2.51. The van der Waals surface area contributed by atoms with Gasteiger partial charge in [0.2, 0.25) is 0 Å². The molecule has 0 amide bonds. The monoisotopic (exact) mass is 500 g/mol. The summed E-state index contributed by atoms with van der Waals surface area (Å²) in [4.78, 5) is 0. The lowest BCUT2D eigenvalue weighted by Crippen LogP contribution is -3.00.